The molecule has 2 aromatic carbocycles. The minimum atomic E-state index is -3.64. The Morgan fingerprint density at radius 3 is 2.41 bits per heavy atom. The van der Waals surface area contributed by atoms with Gasteiger partial charge in [0.2, 0.25) is 5.88 Å². The second kappa shape index (κ2) is 8.18. The van der Waals surface area contributed by atoms with Gasteiger partial charge >= 0.3 is 0 Å². The quantitative estimate of drug-likeness (QED) is 0.667. The summed E-state index contributed by atoms with van der Waals surface area (Å²) < 4.78 is 33.1. The molecule has 1 aromatic heterocycles. The number of nitrogens with one attached hydrogen (secondary N) is 1. The Balaban J connectivity index is 1.78. The molecule has 0 bridgehead atoms. The number of hydrogen-bond acceptors (Lipinski definition) is 5. The van der Waals surface area contributed by atoms with Gasteiger partial charge in [0, 0.05) is 17.3 Å². The largest absolute Gasteiger partial charge is 0.476 e. The zero-order valence-corrected chi connectivity index (χ0v) is 16.0. The summed E-state index contributed by atoms with van der Waals surface area (Å²) in [4.78, 5) is 0.210. The molecule has 0 amide bonds. The predicted molar refractivity (Wildman–Crippen MR) is 105 cm³/mol. The van der Waals surface area contributed by atoms with Gasteiger partial charge in [0.25, 0.3) is 10.0 Å². The van der Waals surface area contributed by atoms with Crippen LogP contribution in [0.5, 0.6) is 5.88 Å². The molecule has 7 heteroatoms. The first-order valence-electron chi connectivity index (χ1n) is 8.59. The van der Waals surface area contributed by atoms with Crippen molar-refractivity contribution in [3.63, 3.8) is 0 Å². The molecular weight excluding hydrogens is 362 g/mol. The third-order valence-corrected chi connectivity index (χ3v) is 5.07. The van der Waals surface area contributed by atoms with E-state index in [0.29, 0.717) is 29.8 Å². The molecule has 0 saturated heterocycles. The first-order valence-corrected chi connectivity index (χ1v) is 10.1. The minimum Gasteiger partial charge on any atom is -0.476 e. The molecular formula is C20H21N3O3S. The number of hydrogen-bond donors (Lipinski definition) is 1. The average Bonchev–Trinajstić information content (AvgIpc) is 2.67. The van der Waals surface area contributed by atoms with E-state index in [1.807, 2.05) is 6.07 Å². The molecule has 27 heavy (non-hydrogen) atoms. The molecule has 140 valence electrons. The summed E-state index contributed by atoms with van der Waals surface area (Å²) in [5.41, 5.74) is 1.84. The Morgan fingerprint density at radius 1 is 0.963 bits per heavy atom. The fourth-order valence-electron chi connectivity index (χ4n) is 2.36. The van der Waals surface area contributed by atoms with Gasteiger partial charge in [-0.2, -0.15) is 0 Å². The summed E-state index contributed by atoms with van der Waals surface area (Å²) in [6, 6.07) is 18.8. The van der Waals surface area contributed by atoms with Crippen molar-refractivity contribution in [2.24, 2.45) is 5.92 Å². The van der Waals surface area contributed by atoms with Crippen LogP contribution < -0.4 is 9.46 Å². The highest BCUT2D eigenvalue weighted by molar-refractivity contribution is 7.92. The molecule has 0 saturated carbocycles. The van der Waals surface area contributed by atoms with Crippen molar-refractivity contribution in [3.05, 3.63) is 66.7 Å². The van der Waals surface area contributed by atoms with Gasteiger partial charge in [-0.25, -0.2) is 8.42 Å². The molecule has 0 atom stereocenters. The van der Waals surface area contributed by atoms with Gasteiger partial charge in [0.05, 0.1) is 17.2 Å². The first kappa shape index (κ1) is 18.8. The Kier molecular flexibility index (Phi) is 5.71. The van der Waals surface area contributed by atoms with Crippen LogP contribution in [0.15, 0.2) is 71.6 Å². The molecule has 0 aliphatic rings. The van der Waals surface area contributed by atoms with Crippen LogP contribution >= 0.6 is 0 Å². The summed E-state index contributed by atoms with van der Waals surface area (Å²) in [6.45, 7) is 4.69. The number of sulfonamides is 1. The third kappa shape index (κ3) is 5.04. The van der Waals surface area contributed by atoms with Gasteiger partial charge in [-0.1, -0.05) is 44.2 Å². The number of anilines is 1. The predicted octanol–water partition coefficient (Wildman–Crippen LogP) is 3.98. The zero-order valence-electron chi connectivity index (χ0n) is 15.2. The van der Waals surface area contributed by atoms with Crippen LogP contribution in [-0.2, 0) is 10.0 Å². The van der Waals surface area contributed by atoms with Crippen LogP contribution in [0, 0.1) is 5.92 Å². The van der Waals surface area contributed by atoms with E-state index < -0.39 is 10.0 Å². The van der Waals surface area contributed by atoms with E-state index in [2.05, 4.69) is 28.8 Å². The molecule has 0 unspecified atom stereocenters. The fraction of sp³-hybridized carbons (Fsp3) is 0.200. The van der Waals surface area contributed by atoms with Gasteiger partial charge in [-0.15, -0.1) is 10.2 Å². The van der Waals surface area contributed by atoms with Gasteiger partial charge in [-0.05, 0) is 36.2 Å². The minimum absolute atomic E-state index is 0.210. The van der Waals surface area contributed by atoms with E-state index in [0.717, 1.165) is 5.56 Å². The second-order valence-electron chi connectivity index (χ2n) is 6.46. The Labute approximate surface area is 159 Å². The van der Waals surface area contributed by atoms with E-state index in [9.17, 15) is 8.42 Å². The number of rotatable bonds is 7. The Bertz CT molecular complexity index is 988. The Hall–Kier alpha value is -2.93. The van der Waals surface area contributed by atoms with Gasteiger partial charge in [0.1, 0.15) is 0 Å². The molecule has 3 rings (SSSR count). The van der Waals surface area contributed by atoms with Crippen molar-refractivity contribution < 1.29 is 13.2 Å². The molecule has 6 nitrogen and oxygen atoms in total. The van der Waals surface area contributed by atoms with Crippen molar-refractivity contribution in [2.45, 2.75) is 18.7 Å². The first-order chi connectivity index (χ1) is 12.9. The molecule has 0 fully saturated rings. The lowest BCUT2D eigenvalue weighted by molar-refractivity contribution is 0.258. The SMILES string of the molecule is CC(C)COc1ccc(-c2cccc(NS(=O)(=O)c3ccccc3)c2)nn1. The van der Waals surface area contributed by atoms with Crippen LogP contribution in [0.25, 0.3) is 11.3 Å². The maximum atomic E-state index is 12.5. The van der Waals surface area contributed by atoms with Crippen molar-refractivity contribution in [2.75, 3.05) is 11.3 Å². The van der Waals surface area contributed by atoms with Crippen LogP contribution in [0.4, 0.5) is 5.69 Å². The lowest BCUT2D eigenvalue weighted by Gasteiger charge is -2.10. The molecule has 0 aliphatic heterocycles. The summed E-state index contributed by atoms with van der Waals surface area (Å²) >= 11 is 0. The molecule has 1 N–H and O–H groups in total. The number of ether oxygens (including phenoxy) is 1. The highest BCUT2D eigenvalue weighted by Crippen LogP contribution is 2.23. The standard InChI is InChI=1S/C20H21N3O3S/c1-15(2)14-26-20-12-11-19(21-22-20)16-7-6-8-17(13-16)23-27(24,25)18-9-4-3-5-10-18/h3-13,15,23H,14H2,1-2H3. The van der Waals surface area contributed by atoms with Crippen LogP contribution in [0.1, 0.15) is 13.8 Å². The number of benzene rings is 2. The number of aromatic nitrogens is 2. The topological polar surface area (TPSA) is 81.2 Å². The smallest absolute Gasteiger partial charge is 0.261 e. The second-order valence-corrected chi connectivity index (χ2v) is 8.14. The summed E-state index contributed by atoms with van der Waals surface area (Å²) in [5, 5.41) is 8.24. The molecule has 1 heterocycles. The van der Waals surface area contributed by atoms with E-state index in [1.165, 1.54) is 0 Å². The summed E-state index contributed by atoms with van der Waals surface area (Å²) in [6.07, 6.45) is 0. The third-order valence-electron chi connectivity index (χ3n) is 3.67. The fourth-order valence-corrected chi connectivity index (χ4v) is 3.43. The van der Waals surface area contributed by atoms with E-state index >= 15 is 0 Å². The maximum absolute atomic E-state index is 12.5. The van der Waals surface area contributed by atoms with Gasteiger partial charge in [-0.3, -0.25) is 4.72 Å². The number of nitrogens with zero attached hydrogens (tertiary/aromatic N) is 2. The molecule has 0 spiro atoms. The lowest BCUT2D eigenvalue weighted by atomic mass is 10.1. The van der Waals surface area contributed by atoms with Gasteiger partial charge < -0.3 is 4.74 Å². The maximum Gasteiger partial charge on any atom is 0.261 e. The summed E-state index contributed by atoms with van der Waals surface area (Å²) in [5.74, 6) is 0.870. The van der Waals surface area contributed by atoms with Crippen LogP contribution in [0.2, 0.25) is 0 Å². The zero-order chi connectivity index (χ0) is 19.3. The normalized spacial score (nSPS) is 11.4. The molecule has 0 aliphatic carbocycles. The van der Waals surface area contributed by atoms with E-state index in [-0.39, 0.29) is 4.90 Å². The van der Waals surface area contributed by atoms with E-state index in [4.69, 9.17) is 4.74 Å². The highest BCUT2D eigenvalue weighted by Gasteiger charge is 2.14. The van der Waals surface area contributed by atoms with Crippen molar-refractivity contribution in [1.82, 2.24) is 10.2 Å². The van der Waals surface area contributed by atoms with Gasteiger partial charge in [0.15, 0.2) is 0 Å². The lowest BCUT2D eigenvalue weighted by Crippen LogP contribution is -2.12. The summed E-state index contributed by atoms with van der Waals surface area (Å²) in [7, 11) is -3.64. The van der Waals surface area contributed by atoms with Crippen molar-refractivity contribution >= 4 is 15.7 Å². The molecule has 3 aromatic rings. The van der Waals surface area contributed by atoms with E-state index in [1.54, 1.807) is 60.7 Å². The Morgan fingerprint density at radius 2 is 1.74 bits per heavy atom. The highest BCUT2D eigenvalue weighted by atomic mass is 32.2. The van der Waals surface area contributed by atoms with Crippen LogP contribution in [-0.4, -0.2) is 25.2 Å². The average molecular weight is 383 g/mol. The van der Waals surface area contributed by atoms with Crippen molar-refractivity contribution in [1.29, 1.82) is 0 Å². The molecule has 0 radical (unpaired) electrons. The van der Waals surface area contributed by atoms with Crippen molar-refractivity contribution in [3.8, 4) is 17.1 Å². The van der Waals surface area contributed by atoms with Crippen LogP contribution in [0.3, 0.4) is 0 Å². The monoisotopic (exact) mass is 383 g/mol.